The third-order valence-corrected chi connectivity index (χ3v) is 9.06. The minimum absolute atomic E-state index is 0.00398. The second-order valence-electron chi connectivity index (χ2n) is 12.5. The fourth-order valence-corrected chi connectivity index (χ4v) is 6.65. The van der Waals surface area contributed by atoms with E-state index in [0.717, 1.165) is 50.8 Å². The number of amides is 1. The van der Waals surface area contributed by atoms with Crippen molar-refractivity contribution in [3.8, 4) is 17.4 Å². The van der Waals surface area contributed by atoms with Crippen molar-refractivity contribution in [2.75, 3.05) is 72.0 Å². The summed E-state index contributed by atoms with van der Waals surface area (Å²) in [5.41, 5.74) is 6.21. The number of alkyl halides is 1. The number of hydrogen-bond acceptors (Lipinski definition) is 10. The predicted molar refractivity (Wildman–Crippen MR) is 191 cm³/mol. The summed E-state index contributed by atoms with van der Waals surface area (Å²) in [6.45, 7) is 4.56. The van der Waals surface area contributed by atoms with Crippen molar-refractivity contribution in [2.24, 2.45) is 0 Å². The van der Waals surface area contributed by atoms with Crippen molar-refractivity contribution in [1.82, 2.24) is 34.6 Å². The maximum absolute atomic E-state index is 15.4. The Bertz CT molecular complexity index is 1790. The van der Waals surface area contributed by atoms with Crippen molar-refractivity contribution >= 4 is 50.8 Å². The van der Waals surface area contributed by atoms with Gasteiger partial charge in [0.1, 0.15) is 34.7 Å². The van der Waals surface area contributed by atoms with Crippen LogP contribution in [0, 0.1) is 5.82 Å². The summed E-state index contributed by atoms with van der Waals surface area (Å²) in [4.78, 5) is 34.5. The summed E-state index contributed by atoms with van der Waals surface area (Å²) in [7, 11) is 7.06. The van der Waals surface area contributed by atoms with E-state index in [1.807, 2.05) is 36.0 Å². The Morgan fingerprint density at radius 1 is 1.16 bits per heavy atom. The quantitative estimate of drug-likeness (QED) is 0.247. The number of nitrogen functional groups attached to an aromatic ring is 1. The van der Waals surface area contributed by atoms with E-state index in [-0.39, 0.29) is 34.6 Å². The first-order chi connectivity index (χ1) is 23.6. The molecule has 0 bridgehead atoms. The van der Waals surface area contributed by atoms with Crippen molar-refractivity contribution < 1.29 is 18.3 Å². The topological polar surface area (TPSA) is 126 Å². The number of carbonyl (C=O) groups is 1. The molecule has 0 saturated carbocycles. The number of carbonyl (C=O) groups excluding carboxylic acids is 1. The lowest BCUT2D eigenvalue weighted by Crippen LogP contribution is -2.25. The number of nitrogens with zero attached hydrogens (tertiary/aromatic N) is 7. The minimum atomic E-state index is -0.663. The Morgan fingerprint density at radius 2 is 1.94 bits per heavy atom. The Balaban J connectivity index is 0.000000174. The van der Waals surface area contributed by atoms with Gasteiger partial charge in [-0.2, -0.15) is 9.97 Å². The summed E-state index contributed by atoms with van der Waals surface area (Å²) < 4.78 is 33.1. The van der Waals surface area contributed by atoms with Gasteiger partial charge in [0.05, 0.1) is 17.5 Å². The van der Waals surface area contributed by atoms with Crippen LogP contribution in [-0.2, 0) is 4.79 Å². The molecule has 7 rings (SSSR count). The number of nitrogens with one attached hydrogen (secondary N) is 1. The highest BCUT2D eigenvalue weighted by atomic mass is 35.5. The smallest absolute Gasteiger partial charge is 0.318 e. The van der Waals surface area contributed by atoms with Crippen LogP contribution >= 0.6 is 11.6 Å². The second-order valence-corrected chi connectivity index (χ2v) is 13.0. The molecule has 1 aromatic carbocycles. The Hall–Kier alpha value is -4.20. The zero-order valence-electron chi connectivity index (χ0n) is 28.4. The van der Waals surface area contributed by atoms with Crippen molar-refractivity contribution in [3.05, 3.63) is 53.5 Å². The number of benzene rings is 1. The van der Waals surface area contributed by atoms with Crippen LogP contribution in [0.4, 0.5) is 20.4 Å². The molecule has 3 N–H and O–H groups in total. The van der Waals surface area contributed by atoms with Gasteiger partial charge in [-0.15, -0.1) is 0 Å². The molecule has 3 aromatic heterocycles. The molecule has 6 heterocycles. The number of pyridine rings is 2. The van der Waals surface area contributed by atoms with E-state index in [2.05, 4.69) is 30.2 Å². The zero-order chi connectivity index (χ0) is 35.1. The van der Waals surface area contributed by atoms with E-state index in [1.54, 1.807) is 31.3 Å². The molecular formula is C35H44ClF2N9O2. The summed E-state index contributed by atoms with van der Waals surface area (Å²) in [5, 5.41) is 5.03. The molecule has 0 radical (unpaired) electrons. The van der Waals surface area contributed by atoms with Crippen molar-refractivity contribution in [2.45, 2.75) is 44.3 Å². The van der Waals surface area contributed by atoms with Gasteiger partial charge in [-0.3, -0.25) is 14.7 Å². The van der Waals surface area contributed by atoms with E-state index in [1.165, 1.54) is 26.1 Å². The van der Waals surface area contributed by atoms with Crippen molar-refractivity contribution in [3.63, 3.8) is 0 Å². The zero-order valence-corrected chi connectivity index (χ0v) is 29.2. The van der Waals surface area contributed by atoms with Crippen LogP contribution in [0.15, 0.2) is 42.6 Å². The number of ether oxygens (including phenoxy) is 1. The minimum Gasteiger partial charge on any atom is -0.467 e. The van der Waals surface area contributed by atoms with Gasteiger partial charge in [0.2, 0.25) is 5.91 Å². The van der Waals surface area contributed by atoms with E-state index in [4.69, 9.17) is 22.1 Å². The van der Waals surface area contributed by atoms with Gasteiger partial charge < -0.3 is 25.6 Å². The fraction of sp³-hybridized carbons (Fsp3) is 0.457. The Labute approximate surface area is 290 Å². The maximum Gasteiger partial charge on any atom is 0.318 e. The first-order valence-electron chi connectivity index (χ1n) is 16.5. The lowest BCUT2D eigenvalue weighted by Gasteiger charge is -2.12. The van der Waals surface area contributed by atoms with Gasteiger partial charge in [-0.1, -0.05) is 29.8 Å². The summed E-state index contributed by atoms with van der Waals surface area (Å²) in [6, 6.07) is 7.63. The van der Waals surface area contributed by atoms with Crippen LogP contribution in [0.1, 0.15) is 32.1 Å². The standard InChI is InChI=1S/C18H14ClFN6O.C10H18N2O.C7H12FN/c1-22-17-9-7-23-16(13(20)14(9)25-18(26-17)27-2)15-12-8(6-11(21)24-15)4-3-5-10(12)19;1-11(2)7-5-6-10(13)12-8-3-4-9-12;8-6-4-7-2-1-3-9(7)5-6/h3-7H,1-2H3,(H2,21,24)(H,22,25,26);5-6H,3-4,7-9H2,1-2H3;6-7H,1-5H2/b;6-5+;. The van der Waals surface area contributed by atoms with E-state index >= 15 is 4.39 Å². The molecule has 3 aliphatic heterocycles. The molecule has 4 aromatic rings. The summed E-state index contributed by atoms with van der Waals surface area (Å²) in [5.74, 6) is 0.138. The first kappa shape index (κ1) is 36.1. The Kier molecular flexibility index (Phi) is 12.1. The van der Waals surface area contributed by atoms with Crippen molar-refractivity contribution in [1.29, 1.82) is 0 Å². The maximum atomic E-state index is 15.4. The highest BCUT2D eigenvalue weighted by Gasteiger charge is 2.34. The molecule has 1 amide bonds. The highest BCUT2D eigenvalue weighted by molar-refractivity contribution is 6.36. The van der Waals surface area contributed by atoms with Gasteiger partial charge in [-0.25, -0.2) is 13.8 Å². The van der Waals surface area contributed by atoms with Crippen LogP contribution in [-0.4, -0.2) is 114 Å². The molecule has 0 spiro atoms. The van der Waals surface area contributed by atoms with E-state index < -0.39 is 12.0 Å². The second kappa shape index (κ2) is 16.5. The third-order valence-electron chi connectivity index (χ3n) is 8.74. The fourth-order valence-electron chi connectivity index (χ4n) is 6.38. The van der Waals surface area contributed by atoms with Crippen LogP contribution in [0.5, 0.6) is 6.01 Å². The SMILES string of the molecule is CN(C)C/C=C/C(=O)N1CCCC1.CNc1nc(OC)nc2c(F)c(-c3nc(N)cc4cccc(Cl)c34)ncc12.FC1CC2CCCN2C1. The average Bonchev–Trinajstić information content (AvgIpc) is 3.84. The molecular weight excluding hydrogens is 652 g/mol. The molecule has 2 unspecified atom stereocenters. The third kappa shape index (κ3) is 8.70. The monoisotopic (exact) mass is 695 g/mol. The van der Waals surface area contributed by atoms with Crippen LogP contribution < -0.4 is 15.8 Å². The lowest BCUT2D eigenvalue weighted by molar-refractivity contribution is -0.125. The normalized spacial score (nSPS) is 18.8. The van der Waals surface area contributed by atoms with Crippen LogP contribution in [0.3, 0.4) is 0 Å². The molecule has 49 heavy (non-hydrogen) atoms. The molecule has 262 valence electrons. The van der Waals surface area contributed by atoms with Crippen LogP contribution in [0.2, 0.25) is 5.02 Å². The van der Waals surface area contributed by atoms with Gasteiger partial charge in [0, 0.05) is 56.9 Å². The Morgan fingerprint density at radius 3 is 2.63 bits per heavy atom. The number of hydrogen-bond donors (Lipinski definition) is 2. The molecule has 11 nitrogen and oxygen atoms in total. The molecule has 3 fully saturated rings. The lowest BCUT2D eigenvalue weighted by atomic mass is 10.1. The average molecular weight is 696 g/mol. The summed E-state index contributed by atoms with van der Waals surface area (Å²) in [6.07, 6.45) is 10.2. The largest absolute Gasteiger partial charge is 0.467 e. The van der Waals surface area contributed by atoms with Gasteiger partial charge in [0.15, 0.2) is 5.82 Å². The molecule has 3 aliphatic rings. The molecule has 2 atom stereocenters. The van der Waals surface area contributed by atoms with E-state index in [9.17, 15) is 9.18 Å². The number of aromatic nitrogens is 4. The number of methoxy groups -OCH3 is 1. The highest BCUT2D eigenvalue weighted by Crippen LogP contribution is 2.36. The van der Waals surface area contributed by atoms with Gasteiger partial charge in [-0.05, 0) is 70.3 Å². The predicted octanol–water partition coefficient (Wildman–Crippen LogP) is 5.58. The molecule has 0 aliphatic carbocycles. The van der Waals surface area contributed by atoms with Crippen LogP contribution in [0.25, 0.3) is 33.1 Å². The number of nitrogens with two attached hydrogens (primary N) is 1. The number of rotatable bonds is 6. The number of likely N-dealkylation sites (N-methyl/N-ethyl adjacent to an activating group) is 1. The summed E-state index contributed by atoms with van der Waals surface area (Å²) >= 11 is 6.34. The number of halogens is 3. The van der Waals surface area contributed by atoms with Gasteiger partial charge in [0.25, 0.3) is 0 Å². The number of likely N-dealkylation sites (tertiary alicyclic amines) is 1. The first-order valence-corrected chi connectivity index (χ1v) is 16.9. The molecule has 14 heteroatoms. The number of fused-ring (bicyclic) bond motifs is 3. The molecule has 3 saturated heterocycles. The van der Waals surface area contributed by atoms with Gasteiger partial charge >= 0.3 is 6.01 Å². The number of anilines is 2. The van der Waals surface area contributed by atoms with E-state index in [0.29, 0.717) is 34.2 Å².